The van der Waals surface area contributed by atoms with Gasteiger partial charge in [-0.05, 0) is 44.7 Å². The first kappa shape index (κ1) is 13.6. The average Bonchev–Trinajstić information content (AvgIpc) is 2.28. The van der Waals surface area contributed by atoms with Gasteiger partial charge in [0.15, 0.2) is 0 Å². The van der Waals surface area contributed by atoms with E-state index < -0.39 is 0 Å². The molecule has 1 aromatic carbocycles. The second-order valence-corrected chi connectivity index (χ2v) is 4.35. The second kappa shape index (κ2) is 7.01. The molecule has 0 atom stereocenters. The van der Waals surface area contributed by atoms with Crippen LogP contribution in [0.3, 0.4) is 0 Å². The third-order valence-electron chi connectivity index (χ3n) is 2.64. The van der Waals surface area contributed by atoms with Crippen molar-refractivity contribution in [2.45, 2.75) is 47.0 Å². The van der Waals surface area contributed by atoms with Crippen LogP contribution in [0.15, 0.2) is 12.1 Å². The van der Waals surface area contributed by atoms with Crippen molar-refractivity contribution < 1.29 is 4.74 Å². The van der Waals surface area contributed by atoms with Gasteiger partial charge >= 0.3 is 0 Å². The zero-order valence-electron chi connectivity index (χ0n) is 11.4. The minimum atomic E-state index is 0.788. The van der Waals surface area contributed by atoms with Crippen molar-refractivity contribution in [2.75, 3.05) is 6.61 Å². The standard InChI is InChI=1S/C16H22O/c1-5-7-8-9-15-12-13(3)11-14(4)16(15)17-10-6-2/h11-12H,6,8-10H2,1-4H3. The van der Waals surface area contributed by atoms with Crippen LogP contribution in [-0.2, 0) is 6.42 Å². The lowest BCUT2D eigenvalue weighted by molar-refractivity contribution is 0.312. The largest absolute Gasteiger partial charge is 0.493 e. The second-order valence-electron chi connectivity index (χ2n) is 4.35. The summed E-state index contributed by atoms with van der Waals surface area (Å²) >= 11 is 0. The Morgan fingerprint density at radius 3 is 2.65 bits per heavy atom. The first-order chi connectivity index (χ1) is 8.19. The molecule has 0 spiro atoms. The minimum Gasteiger partial charge on any atom is -0.493 e. The van der Waals surface area contributed by atoms with E-state index in [0.717, 1.165) is 31.6 Å². The van der Waals surface area contributed by atoms with Crippen LogP contribution >= 0.6 is 0 Å². The zero-order chi connectivity index (χ0) is 12.7. The van der Waals surface area contributed by atoms with Crippen LogP contribution in [-0.4, -0.2) is 6.61 Å². The van der Waals surface area contributed by atoms with E-state index in [9.17, 15) is 0 Å². The van der Waals surface area contributed by atoms with Gasteiger partial charge in [0, 0.05) is 6.42 Å². The van der Waals surface area contributed by atoms with Gasteiger partial charge in [0.1, 0.15) is 5.75 Å². The molecule has 1 heteroatoms. The Kier molecular flexibility index (Phi) is 5.63. The fraction of sp³-hybridized carbons (Fsp3) is 0.500. The Bertz CT molecular complexity index is 421. The van der Waals surface area contributed by atoms with E-state index in [4.69, 9.17) is 4.74 Å². The molecule has 0 aliphatic heterocycles. The molecule has 0 radical (unpaired) electrons. The molecule has 92 valence electrons. The van der Waals surface area contributed by atoms with Gasteiger partial charge in [-0.1, -0.05) is 24.6 Å². The van der Waals surface area contributed by atoms with Gasteiger partial charge in [0.25, 0.3) is 0 Å². The van der Waals surface area contributed by atoms with Gasteiger partial charge in [-0.15, -0.1) is 11.8 Å². The molecule has 0 fully saturated rings. The number of rotatable bonds is 5. The van der Waals surface area contributed by atoms with Crippen LogP contribution in [0.5, 0.6) is 5.75 Å². The van der Waals surface area contributed by atoms with E-state index in [1.54, 1.807) is 0 Å². The van der Waals surface area contributed by atoms with E-state index in [0.29, 0.717) is 0 Å². The molecule has 1 aromatic rings. The summed E-state index contributed by atoms with van der Waals surface area (Å²) in [6.07, 6.45) is 2.92. The number of aryl methyl sites for hydroxylation is 3. The van der Waals surface area contributed by atoms with Gasteiger partial charge in [0.2, 0.25) is 0 Å². The molecule has 1 rings (SSSR count). The minimum absolute atomic E-state index is 0.788. The molecule has 1 nitrogen and oxygen atoms in total. The Morgan fingerprint density at radius 2 is 2.00 bits per heavy atom. The van der Waals surface area contributed by atoms with Crippen LogP contribution in [0, 0.1) is 25.7 Å². The summed E-state index contributed by atoms with van der Waals surface area (Å²) in [7, 11) is 0. The maximum Gasteiger partial charge on any atom is 0.125 e. The van der Waals surface area contributed by atoms with E-state index in [1.165, 1.54) is 16.7 Å². The van der Waals surface area contributed by atoms with Gasteiger partial charge < -0.3 is 4.74 Å². The lowest BCUT2D eigenvalue weighted by Crippen LogP contribution is -2.02. The maximum absolute atomic E-state index is 5.85. The molecular weight excluding hydrogens is 208 g/mol. The quantitative estimate of drug-likeness (QED) is 0.693. The summed E-state index contributed by atoms with van der Waals surface area (Å²) in [6.45, 7) is 9.05. The summed E-state index contributed by atoms with van der Waals surface area (Å²) < 4.78 is 5.85. The van der Waals surface area contributed by atoms with E-state index in [-0.39, 0.29) is 0 Å². The molecule has 0 saturated carbocycles. The highest BCUT2D eigenvalue weighted by Gasteiger charge is 2.07. The molecule has 0 aromatic heterocycles. The van der Waals surface area contributed by atoms with E-state index >= 15 is 0 Å². The molecule has 0 aliphatic carbocycles. The van der Waals surface area contributed by atoms with Crippen molar-refractivity contribution in [2.24, 2.45) is 0 Å². The first-order valence-electron chi connectivity index (χ1n) is 6.31. The van der Waals surface area contributed by atoms with Crippen molar-refractivity contribution in [3.63, 3.8) is 0 Å². The number of ether oxygens (including phenoxy) is 1. The third-order valence-corrected chi connectivity index (χ3v) is 2.64. The normalized spacial score (nSPS) is 9.65. The topological polar surface area (TPSA) is 9.23 Å². The number of hydrogen-bond donors (Lipinski definition) is 0. The van der Waals surface area contributed by atoms with E-state index in [2.05, 4.69) is 44.7 Å². The van der Waals surface area contributed by atoms with Crippen molar-refractivity contribution in [3.8, 4) is 17.6 Å². The highest BCUT2D eigenvalue weighted by atomic mass is 16.5. The van der Waals surface area contributed by atoms with Gasteiger partial charge in [-0.3, -0.25) is 0 Å². The fourth-order valence-electron chi connectivity index (χ4n) is 1.96. The smallest absolute Gasteiger partial charge is 0.125 e. The Balaban J connectivity index is 2.92. The van der Waals surface area contributed by atoms with Crippen molar-refractivity contribution in [1.82, 2.24) is 0 Å². The molecule has 0 aliphatic rings. The summed E-state index contributed by atoms with van der Waals surface area (Å²) in [5, 5.41) is 0. The van der Waals surface area contributed by atoms with Gasteiger partial charge in [0.05, 0.1) is 6.61 Å². The lowest BCUT2D eigenvalue weighted by atomic mass is 10.0. The monoisotopic (exact) mass is 230 g/mol. The molecule has 0 amide bonds. The number of hydrogen-bond acceptors (Lipinski definition) is 1. The predicted molar refractivity (Wildman–Crippen MR) is 73.5 cm³/mol. The van der Waals surface area contributed by atoms with Gasteiger partial charge in [-0.25, -0.2) is 0 Å². The Labute approximate surface area is 105 Å². The highest BCUT2D eigenvalue weighted by molar-refractivity contribution is 5.44. The van der Waals surface area contributed by atoms with Gasteiger partial charge in [-0.2, -0.15) is 0 Å². The summed E-state index contributed by atoms with van der Waals surface area (Å²) in [5.41, 5.74) is 3.82. The average molecular weight is 230 g/mol. The van der Waals surface area contributed by atoms with Crippen molar-refractivity contribution in [3.05, 3.63) is 28.8 Å². The SMILES string of the molecule is CC#CCCc1cc(C)cc(C)c1OCCC. The van der Waals surface area contributed by atoms with Crippen molar-refractivity contribution in [1.29, 1.82) is 0 Å². The Morgan fingerprint density at radius 1 is 1.24 bits per heavy atom. The molecule has 0 saturated heterocycles. The maximum atomic E-state index is 5.85. The lowest BCUT2D eigenvalue weighted by Gasteiger charge is -2.14. The van der Waals surface area contributed by atoms with Crippen LogP contribution in [0.25, 0.3) is 0 Å². The van der Waals surface area contributed by atoms with Crippen LogP contribution < -0.4 is 4.74 Å². The van der Waals surface area contributed by atoms with Crippen LogP contribution in [0.2, 0.25) is 0 Å². The summed E-state index contributed by atoms with van der Waals surface area (Å²) in [6, 6.07) is 4.40. The summed E-state index contributed by atoms with van der Waals surface area (Å²) in [4.78, 5) is 0. The highest BCUT2D eigenvalue weighted by Crippen LogP contribution is 2.26. The van der Waals surface area contributed by atoms with E-state index in [1.807, 2.05) is 6.92 Å². The Hall–Kier alpha value is -1.42. The molecular formula is C16H22O. The third kappa shape index (κ3) is 4.15. The van der Waals surface area contributed by atoms with Crippen molar-refractivity contribution >= 4 is 0 Å². The number of benzene rings is 1. The zero-order valence-corrected chi connectivity index (χ0v) is 11.4. The van der Waals surface area contributed by atoms with Crippen LogP contribution in [0.4, 0.5) is 0 Å². The van der Waals surface area contributed by atoms with Crippen LogP contribution in [0.1, 0.15) is 43.4 Å². The molecule has 0 N–H and O–H groups in total. The fourth-order valence-corrected chi connectivity index (χ4v) is 1.96. The molecule has 0 unspecified atom stereocenters. The summed E-state index contributed by atoms with van der Waals surface area (Å²) in [5.74, 6) is 7.12. The predicted octanol–water partition coefficient (Wildman–Crippen LogP) is 4.05. The first-order valence-corrected chi connectivity index (χ1v) is 6.31. The molecule has 0 heterocycles. The molecule has 17 heavy (non-hydrogen) atoms. The molecule has 0 bridgehead atoms.